The number of carbonyl (C=O) groups is 1. The van der Waals surface area contributed by atoms with Gasteiger partial charge in [0.1, 0.15) is 0 Å². The highest BCUT2D eigenvalue weighted by Crippen LogP contribution is 2.23. The lowest BCUT2D eigenvalue weighted by Gasteiger charge is -2.30. The maximum Gasteiger partial charge on any atom is 0.181 e. The molecule has 0 radical (unpaired) electrons. The molecule has 1 atom stereocenters. The molecule has 102 valence electrons. The molecule has 0 saturated carbocycles. The highest BCUT2D eigenvalue weighted by Gasteiger charge is 2.25. The highest BCUT2D eigenvalue weighted by molar-refractivity contribution is 6.00. The van der Waals surface area contributed by atoms with Crippen molar-refractivity contribution in [2.24, 2.45) is 0 Å². The van der Waals surface area contributed by atoms with E-state index in [4.69, 9.17) is 0 Å². The van der Waals surface area contributed by atoms with Crippen LogP contribution in [0.4, 0.5) is 0 Å². The van der Waals surface area contributed by atoms with Crippen LogP contribution >= 0.6 is 0 Å². The molecule has 0 amide bonds. The molecule has 3 nitrogen and oxygen atoms in total. The lowest BCUT2D eigenvalue weighted by atomic mass is 9.89. The second-order valence-electron chi connectivity index (χ2n) is 5.82. The number of nitrogens with zero attached hydrogens (tertiary/aromatic N) is 1. The van der Waals surface area contributed by atoms with Gasteiger partial charge in [-0.1, -0.05) is 12.1 Å². The van der Waals surface area contributed by atoms with Crippen LogP contribution in [0.3, 0.4) is 0 Å². The maximum absolute atomic E-state index is 12.5. The number of piperazine rings is 1. The number of Topliss-reactive ketones (excluding diaryl/α,β-unsaturated/α-hetero) is 1. The van der Waals surface area contributed by atoms with E-state index in [0.717, 1.165) is 31.6 Å². The first-order valence-electron chi connectivity index (χ1n) is 7.32. The summed E-state index contributed by atoms with van der Waals surface area (Å²) in [6, 6.07) is 6.27. The average Bonchev–Trinajstić information content (AvgIpc) is 2.46. The Morgan fingerprint density at radius 3 is 2.84 bits per heavy atom. The topological polar surface area (TPSA) is 32.3 Å². The summed E-state index contributed by atoms with van der Waals surface area (Å²) in [6.07, 6.45) is 4.85. The molecular weight excluding hydrogens is 236 g/mol. The van der Waals surface area contributed by atoms with Crippen LogP contribution in [0.5, 0.6) is 0 Å². The molecule has 3 heteroatoms. The maximum atomic E-state index is 12.5. The molecule has 1 saturated heterocycles. The van der Waals surface area contributed by atoms with Crippen LogP contribution in [0.15, 0.2) is 18.2 Å². The first-order chi connectivity index (χ1) is 9.24. The smallest absolute Gasteiger partial charge is 0.181 e. The average molecular weight is 258 g/mol. The Balaban J connectivity index is 1.79. The number of hydrogen-bond acceptors (Lipinski definition) is 3. The van der Waals surface area contributed by atoms with Gasteiger partial charge in [0, 0.05) is 25.2 Å². The first-order valence-corrected chi connectivity index (χ1v) is 7.32. The van der Waals surface area contributed by atoms with E-state index in [2.05, 4.69) is 29.4 Å². The Bertz CT molecular complexity index is 484. The zero-order chi connectivity index (χ0) is 13.2. The fourth-order valence-electron chi connectivity index (χ4n) is 3.16. The number of likely N-dealkylation sites (N-methyl/N-ethyl adjacent to an activating group) is 1. The Kier molecular flexibility index (Phi) is 3.67. The third-order valence-corrected chi connectivity index (χ3v) is 4.33. The number of ketones is 1. The molecule has 3 rings (SSSR count). The SMILES string of the molecule is CN1CCNC(C(=O)c2ccc3c(c2)CCCC3)C1. The second-order valence-corrected chi connectivity index (χ2v) is 5.82. The van der Waals surface area contributed by atoms with Crippen LogP contribution in [0.25, 0.3) is 0 Å². The van der Waals surface area contributed by atoms with Crippen molar-refractivity contribution in [2.45, 2.75) is 31.7 Å². The molecule has 0 spiro atoms. The van der Waals surface area contributed by atoms with E-state index in [1.54, 1.807) is 0 Å². The van der Waals surface area contributed by atoms with Crippen molar-refractivity contribution in [3.63, 3.8) is 0 Å². The Morgan fingerprint density at radius 1 is 1.26 bits per heavy atom. The fraction of sp³-hybridized carbons (Fsp3) is 0.562. The van der Waals surface area contributed by atoms with Crippen LogP contribution in [-0.4, -0.2) is 43.4 Å². The molecule has 0 aromatic heterocycles. The highest BCUT2D eigenvalue weighted by atomic mass is 16.1. The first kappa shape index (κ1) is 12.8. The summed E-state index contributed by atoms with van der Waals surface area (Å²) in [4.78, 5) is 14.8. The molecule has 1 heterocycles. The molecule has 1 aliphatic heterocycles. The summed E-state index contributed by atoms with van der Waals surface area (Å²) in [6.45, 7) is 2.74. The number of nitrogens with one attached hydrogen (secondary N) is 1. The van der Waals surface area contributed by atoms with Crippen molar-refractivity contribution in [1.82, 2.24) is 10.2 Å². The number of fused-ring (bicyclic) bond motifs is 1. The molecular formula is C16H22N2O. The third kappa shape index (κ3) is 2.72. The zero-order valence-corrected chi connectivity index (χ0v) is 11.6. The summed E-state index contributed by atoms with van der Waals surface area (Å²) < 4.78 is 0. The van der Waals surface area contributed by atoms with E-state index in [-0.39, 0.29) is 11.8 Å². The number of rotatable bonds is 2. The van der Waals surface area contributed by atoms with Crippen LogP contribution < -0.4 is 5.32 Å². The number of benzene rings is 1. The Labute approximate surface area is 115 Å². The van der Waals surface area contributed by atoms with Crippen LogP contribution in [0.1, 0.15) is 34.3 Å². The predicted molar refractivity (Wildman–Crippen MR) is 76.7 cm³/mol. The number of hydrogen-bond donors (Lipinski definition) is 1. The molecule has 19 heavy (non-hydrogen) atoms. The van der Waals surface area contributed by atoms with E-state index in [1.807, 2.05) is 6.07 Å². The van der Waals surface area contributed by atoms with Crippen molar-refractivity contribution in [1.29, 1.82) is 0 Å². The summed E-state index contributed by atoms with van der Waals surface area (Å²) >= 11 is 0. The molecule has 1 aromatic carbocycles. The molecule has 1 aliphatic carbocycles. The molecule has 1 N–H and O–H groups in total. The van der Waals surface area contributed by atoms with Gasteiger partial charge in [0.25, 0.3) is 0 Å². The third-order valence-electron chi connectivity index (χ3n) is 4.33. The van der Waals surface area contributed by atoms with Gasteiger partial charge in [0.05, 0.1) is 6.04 Å². The standard InChI is InChI=1S/C16H22N2O/c1-18-9-8-17-15(11-18)16(19)14-7-6-12-4-2-3-5-13(12)10-14/h6-7,10,15,17H,2-5,8-9,11H2,1H3. The van der Waals surface area contributed by atoms with E-state index >= 15 is 0 Å². The monoisotopic (exact) mass is 258 g/mol. The van der Waals surface area contributed by atoms with Crippen molar-refractivity contribution in [2.75, 3.05) is 26.7 Å². The Morgan fingerprint density at radius 2 is 2.05 bits per heavy atom. The lowest BCUT2D eigenvalue weighted by molar-refractivity contribution is 0.0894. The van der Waals surface area contributed by atoms with Gasteiger partial charge in [-0.25, -0.2) is 0 Å². The van der Waals surface area contributed by atoms with E-state index in [1.165, 1.54) is 30.4 Å². The molecule has 1 unspecified atom stereocenters. The van der Waals surface area contributed by atoms with Crippen molar-refractivity contribution in [3.05, 3.63) is 34.9 Å². The number of aryl methyl sites for hydroxylation is 2. The van der Waals surface area contributed by atoms with E-state index in [0.29, 0.717) is 0 Å². The summed E-state index contributed by atoms with van der Waals surface area (Å²) in [5.41, 5.74) is 3.71. The minimum atomic E-state index is -0.0413. The van der Waals surface area contributed by atoms with Gasteiger partial charge in [-0.2, -0.15) is 0 Å². The van der Waals surface area contributed by atoms with Crippen molar-refractivity contribution < 1.29 is 4.79 Å². The van der Waals surface area contributed by atoms with Gasteiger partial charge in [0.15, 0.2) is 5.78 Å². The summed E-state index contributed by atoms with van der Waals surface area (Å²) in [5.74, 6) is 0.250. The van der Waals surface area contributed by atoms with Crippen LogP contribution in [0, 0.1) is 0 Å². The van der Waals surface area contributed by atoms with Crippen molar-refractivity contribution >= 4 is 5.78 Å². The molecule has 0 bridgehead atoms. The fourth-order valence-corrected chi connectivity index (χ4v) is 3.16. The quantitative estimate of drug-likeness (QED) is 0.819. The van der Waals surface area contributed by atoms with Crippen molar-refractivity contribution in [3.8, 4) is 0 Å². The van der Waals surface area contributed by atoms with E-state index < -0.39 is 0 Å². The normalized spacial score (nSPS) is 23.9. The minimum absolute atomic E-state index is 0.0413. The zero-order valence-electron chi connectivity index (χ0n) is 11.6. The summed E-state index contributed by atoms with van der Waals surface area (Å²) in [5, 5.41) is 3.34. The van der Waals surface area contributed by atoms with Crippen LogP contribution in [0.2, 0.25) is 0 Å². The molecule has 1 aromatic rings. The Hall–Kier alpha value is -1.19. The van der Waals surface area contributed by atoms with Gasteiger partial charge < -0.3 is 10.2 Å². The molecule has 2 aliphatic rings. The van der Waals surface area contributed by atoms with Gasteiger partial charge in [-0.3, -0.25) is 4.79 Å². The summed E-state index contributed by atoms with van der Waals surface area (Å²) in [7, 11) is 2.08. The van der Waals surface area contributed by atoms with Gasteiger partial charge in [-0.05, 0) is 49.9 Å². The van der Waals surface area contributed by atoms with Gasteiger partial charge in [-0.15, -0.1) is 0 Å². The minimum Gasteiger partial charge on any atom is -0.305 e. The van der Waals surface area contributed by atoms with Crippen LogP contribution in [-0.2, 0) is 12.8 Å². The lowest BCUT2D eigenvalue weighted by Crippen LogP contribution is -2.52. The molecule has 1 fully saturated rings. The van der Waals surface area contributed by atoms with Gasteiger partial charge in [0.2, 0.25) is 0 Å². The predicted octanol–water partition coefficient (Wildman–Crippen LogP) is 1.65. The van der Waals surface area contributed by atoms with Gasteiger partial charge >= 0.3 is 0 Å². The van der Waals surface area contributed by atoms with E-state index in [9.17, 15) is 4.79 Å². The number of carbonyl (C=O) groups excluding carboxylic acids is 1. The second kappa shape index (κ2) is 5.43. The largest absolute Gasteiger partial charge is 0.305 e.